The number of benzene rings is 1. The van der Waals surface area contributed by atoms with Crippen molar-refractivity contribution in [3.63, 3.8) is 0 Å². The van der Waals surface area contributed by atoms with Gasteiger partial charge in [0.05, 0.1) is 11.7 Å². The Morgan fingerprint density at radius 1 is 1.41 bits per heavy atom. The van der Waals surface area contributed by atoms with Crippen molar-refractivity contribution < 1.29 is 5.11 Å². The van der Waals surface area contributed by atoms with Crippen LogP contribution in [0.4, 0.5) is 0 Å². The van der Waals surface area contributed by atoms with Crippen LogP contribution in [-0.4, -0.2) is 16.6 Å². The number of nitrogens with zero attached hydrogens (tertiary/aromatic N) is 1. The van der Waals surface area contributed by atoms with Gasteiger partial charge in [-0.25, -0.2) is 4.98 Å². The molecule has 4 heteroatoms. The number of hydrogen-bond donors (Lipinski definition) is 2. The van der Waals surface area contributed by atoms with E-state index in [1.807, 2.05) is 12.1 Å². The zero-order valence-electron chi connectivity index (χ0n) is 9.39. The Bertz CT molecular complexity index is 518. The molecule has 3 nitrogen and oxygen atoms in total. The first kappa shape index (κ1) is 10.7. The Morgan fingerprint density at radius 3 is 3.12 bits per heavy atom. The standard InChI is InChI=1S/C13H14N2OS/c16-10-4-1-3-9(7-10)13-15-12(8-17-13)11-5-2-6-14-11/h1,3-4,7-8,11,14,16H,2,5-6H2. The van der Waals surface area contributed by atoms with E-state index in [0.717, 1.165) is 22.8 Å². The van der Waals surface area contributed by atoms with E-state index in [4.69, 9.17) is 0 Å². The summed E-state index contributed by atoms with van der Waals surface area (Å²) >= 11 is 1.64. The molecule has 3 rings (SSSR count). The van der Waals surface area contributed by atoms with Crippen molar-refractivity contribution in [2.45, 2.75) is 18.9 Å². The van der Waals surface area contributed by atoms with Crippen LogP contribution in [0, 0.1) is 0 Å². The lowest BCUT2D eigenvalue weighted by Gasteiger charge is -2.05. The number of phenols is 1. The highest BCUT2D eigenvalue weighted by Gasteiger charge is 2.19. The number of rotatable bonds is 2. The van der Waals surface area contributed by atoms with Gasteiger partial charge in [0.25, 0.3) is 0 Å². The molecule has 0 amide bonds. The van der Waals surface area contributed by atoms with Gasteiger partial charge >= 0.3 is 0 Å². The second-order valence-electron chi connectivity index (χ2n) is 4.28. The molecule has 1 aliphatic heterocycles. The minimum absolute atomic E-state index is 0.290. The van der Waals surface area contributed by atoms with Crippen LogP contribution in [-0.2, 0) is 0 Å². The molecule has 1 atom stereocenters. The summed E-state index contributed by atoms with van der Waals surface area (Å²) in [6.07, 6.45) is 2.40. The van der Waals surface area contributed by atoms with Crippen molar-refractivity contribution in [1.29, 1.82) is 0 Å². The molecule has 1 unspecified atom stereocenters. The highest BCUT2D eigenvalue weighted by Crippen LogP contribution is 2.30. The second kappa shape index (κ2) is 4.47. The monoisotopic (exact) mass is 246 g/mol. The summed E-state index contributed by atoms with van der Waals surface area (Å²) < 4.78 is 0. The third-order valence-electron chi connectivity index (χ3n) is 3.03. The molecule has 1 aromatic carbocycles. The lowest BCUT2D eigenvalue weighted by Crippen LogP contribution is -2.12. The quantitative estimate of drug-likeness (QED) is 0.856. The van der Waals surface area contributed by atoms with E-state index >= 15 is 0 Å². The van der Waals surface area contributed by atoms with Crippen molar-refractivity contribution in [2.75, 3.05) is 6.54 Å². The Labute approximate surface area is 104 Å². The Balaban J connectivity index is 1.89. The van der Waals surface area contributed by atoms with Crippen LogP contribution in [0.25, 0.3) is 10.6 Å². The zero-order chi connectivity index (χ0) is 11.7. The molecule has 0 spiro atoms. The van der Waals surface area contributed by atoms with E-state index < -0.39 is 0 Å². The summed E-state index contributed by atoms with van der Waals surface area (Å²) in [4.78, 5) is 4.65. The topological polar surface area (TPSA) is 45.2 Å². The van der Waals surface area contributed by atoms with E-state index in [9.17, 15) is 5.11 Å². The molecule has 1 aromatic heterocycles. The maximum atomic E-state index is 9.46. The van der Waals surface area contributed by atoms with Gasteiger partial charge in [-0.05, 0) is 31.5 Å². The van der Waals surface area contributed by atoms with Gasteiger partial charge < -0.3 is 10.4 Å². The molecule has 1 fully saturated rings. The van der Waals surface area contributed by atoms with Gasteiger partial charge in [0.2, 0.25) is 0 Å². The van der Waals surface area contributed by atoms with Gasteiger partial charge in [-0.15, -0.1) is 11.3 Å². The van der Waals surface area contributed by atoms with E-state index in [1.54, 1.807) is 23.5 Å². The van der Waals surface area contributed by atoms with Crippen molar-refractivity contribution in [2.24, 2.45) is 0 Å². The van der Waals surface area contributed by atoms with Gasteiger partial charge in [0.15, 0.2) is 0 Å². The normalized spacial score (nSPS) is 19.6. The summed E-state index contributed by atoms with van der Waals surface area (Å²) in [6, 6.07) is 7.67. The highest BCUT2D eigenvalue weighted by molar-refractivity contribution is 7.13. The third kappa shape index (κ3) is 2.18. The first-order chi connectivity index (χ1) is 8.33. The zero-order valence-corrected chi connectivity index (χ0v) is 10.2. The smallest absolute Gasteiger partial charge is 0.123 e. The van der Waals surface area contributed by atoms with Crippen molar-refractivity contribution >= 4 is 11.3 Å². The van der Waals surface area contributed by atoms with Crippen LogP contribution >= 0.6 is 11.3 Å². The molecular formula is C13H14N2OS. The first-order valence-electron chi connectivity index (χ1n) is 5.81. The third-order valence-corrected chi connectivity index (χ3v) is 3.94. The Morgan fingerprint density at radius 2 is 2.35 bits per heavy atom. The molecule has 17 heavy (non-hydrogen) atoms. The molecule has 88 valence electrons. The number of phenolic OH excluding ortho intramolecular Hbond substituents is 1. The van der Waals surface area contributed by atoms with Crippen LogP contribution < -0.4 is 5.32 Å². The summed E-state index contributed by atoms with van der Waals surface area (Å²) in [5.41, 5.74) is 2.12. The minimum Gasteiger partial charge on any atom is -0.508 e. The molecule has 0 aliphatic carbocycles. The van der Waals surface area contributed by atoms with E-state index in [0.29, 0.717) is 11.8 Å². The number of nitrogens with one attached hydrogen (secondary N) is 1. The fraction of sp³-hybridized carbons (Fsp3) is 0.308. The minimum atomic E-state index is 0.290. The molecule has 0 saturated carbocycles. The van der Waals surface area contributed by atoms with Crippen LogP contribution in [0.2, 0.25) is 0 Å². The fourth-order valence-electron chi connectivity index (χ4n) is 2.15. The lowest BCUT2D eigenvalue weighted by molar-refractivity contribution is 0.475. The average Bonchev–Trinajstić information content (AvgIpc) is 3.00. The molecule has 1 aliphatic rings. The molecule has 2 aromatic rings. The maximum absolute atomic E-state index is 9.46. The molecule has 0 bridgehead atoms. The van der Waals surface area contributed by atoms with Gasteiger partial charge in [-0.1, -0.05) is 12.1 Å². The van der Waals surface area contributed by atoms with E-state index in [-0.39, 0.29) is 0 Å². The number of thiazole rings is 1. The average molecular weight is 246 g/mol. The summed E-state index contributed by atoms with van der Waals surface area (Å²) in [5.74, 6) is 0.290. The van der Waals surface area contributed by atoms with Crippen LogP contribution in [0.15, 0.2) is 29.6 Å². The predicted molar refractivity (Wildman–Crippen MR) is 69.2 cm³/mol. The maximum Gasteiger partial charge on any atom is 0.123 e. The molecular weight excluding hydrogens is 232 g/mol. The van der Waals surface area contributed by atoms with Crippen molar-refractivity contribution in [3.05, 3.63) is 35.3 Å². The Kier molecular flexibility index (Phi) is 2.82. The fourth-order valence-corrected chi connectivity index (χ4v) is 3.03. The van der Waals surface area contributed by atoms with Crippen molar-refractivity contribution in [1.82, 2.24) is 10.3 Å². The highest BCUT2D eigenvalue weighted by atomic mass is 32.1. The van der Waals surface area contributed by atoms with E-state index in [2.05, 4.69) is 15.7 Å². The summed E-state index contributed by atoms with van der Waals surface area (Å²) in [6.45, 7) is 1.09. The van der Waals surface area contributed by atoms with Gasteiger partial charge in [-0.2, -0.15) is 0 Å². The van der Waals surface area contributed by atoms with Gasteiger partial charge in [0.1, 0.15) is 10.8 Å². The number of aromatic hydroxyl groups is 1. The second-order valence-corrected chi connectivity index (χ2v) is 5.13. The van der Waals surface area contributed by atoms with Crippen LogP contribution in [0.5, 0.6) is 5.75 Å². The van der Waals surface area contributed by atoms with E-state index in [1.165, 1.54) is 12.8 Å². The van der Waals surface area contributed by atoms with Gasteiger partial charge in [0, 0.05) is 10.9 Å². The SMILES string of the molecule is Oc1cccc(-c2nc(C3CCCN3)cs2)c1. The molecule has 0 radical (unpaired) electrons. The van der Waals surface area contributed by atoms with Crippen LogP contribution in [0.1, 0.15) is 24.6 Å². The summed E-state index contributed by atoms with van der Waals surface area (Å²) in [7, 11) is 0. The van der Waals surface area contributed by atoms with Gasteiger partial charge in [-0.3, -0.25) is 0 Å². The first-order valence-corrected chi connectivity index (χ1v) is 6.69. The number of aromatic nitrogens is 1. The predicted octanol–water partition coefficient (Wildman–Crippen LogP) is 2.94. The molecule has 2 N–H and O–H groups in total. The van der Waals surface area contributed by atoms with Crippen molar-refractivity contribution in [3.8, 4) is 16.3 Å². The molecule has 1 saturated heterocycles. The summed E-state index contributed by atoms with van der Waals surface area (Å²) in [5, 5.41) is 16.0. The Hall–Kier alpha value is -1.39. The number of hydrogen-bond acceptors (Lipinski definition) is 4. The molecule has 2 heterocycles. The van der Waals surface area contributed by atoms with Crippen LogP contribution in [0.3, 0.4) is 0 Å². The largest absolute Gasteiger partial charge is 0.508 e. The lowest BCUT2D eigenvalue weighted by atomic mass is 10.2.